The third-order valence-corrected chi connectivity index (χ3v) is 5.59. The van der Waals surface area contributed by atoms with E-state index in [1.807, 2.05) is 0 Å². The largest absolute Gasteiger partial charge is 0.229 e. The summed E-state index contributed by atoms with van der Waals surface area (Å²) < 4.78 is 22.6. The molecule has 1 rings (SSSR count). The van der Waals surface area contributed by atoms with Crippen LogP contribution in [0.3, 0.4) is 0 Å². The maximum Gasteiger partial charge on any atom is 0.151 e. The van der Waals surface area contributed by atoms with Gasteiger partial charge in [0.05, 0.1) is 5.25 Å². The minimum Gasteiger partial charge on any atom is -0.229 e. The van der Waals surface area contributed by atoms with E-state index in [0.717, 1.165) is 19.3 Å². The van der Waals surface area contributed by atoms with Crippen molar-refractivity contribution in [3.8, 4) is 0 Å². The molecule has 3 unspecified atom stereocenters. The van der Waals surface area contributed by atoms with Gasteiger partial charge in [0.15, 0.2) is 9.84 Å². The van der Waals surface area contributed by atoms with Crippen LogP contribution in [0.2, 0.25) is 0 Å². The maximum atomic E-state index is 11.3. The summed E-state index contributed by atoms with van der Waals surface area (Å²) in [5, 5.41) is -0.166. The van der Waals surface area contributed by atoms with Crippen LogP contribution in [0.15, 0.2) is 0 Å². The van der Waals surface area contributed by atoms with Crippen LogP contribution in [-0.2, 0) is 9.84 Å². The van der Waals surface area contributed by atoms with Gasteiger partial charge >= 0.3 is 0 Å². The topological polar surface area (TPSA) is 34.1 Å². The lowest BCUT2D eigenvalue weighted by Crippen LogP contribution is -2.35. The normalized spacial score (nSPS) is 38.1. The molecule has 0 N–H and O–H groups in total. The van der Waals surface area contributed by atoms with Gasteiger partial charge in [0.1, 0.15) is 0 Å². The molecule has 0 heterocycles. The minimum atomic E-state index is -2.85. The first kappa shape index (κ1) is 10.5. The Morgan fingerprint density at radius 2 is 1.92 bits per heavy atom. The van der Waals surface area contributed by atoms with Crippen molar-refractivity contribution in [1.29, 1.82) is 0 Å². The van der Waals surface area contributed by atoms with Crippen LogP contribution in [0.5, 0.6) is 0 Å². The summed E-state index contributed by atoms with van der Waals surface area (Å²) in [4.78, 5) is 0.170. The summed E-state index contributed by atoms with van der Waals surface area (Å²) >= 11 is 3.44. The predicted molar refractivity (Wildman–Crippen MR) is 54.4 cm³/mol. The van der Waals surface area contributed by atoms with Crippen molar-refractivity contribution in [2.24, 2.45) is 5.92 Å². The van der Waals surface area contributed by atoms with Crippen molar-refractivity contribution in [2.75, 3.05) is 6.26 Å². The molecule has 0 saturated heterocycles. The van der Waals surface area contributed by atoms with E-state index in [-0.39, 0.29) is 10.1 Å². The summed E-state index contributed by atoms with van der Waals surface area (Å²) in [6.07, 6.45) is 4.28. The molecule has 0 aliphatic heterocycles. The highest BCUT2D eigenvalue weighted by Gasteiger charge is 2.33. The first-order valence-corrected chi connectivity index (χ1v) is 7.11. The van der Waals surface area contributed by atoms with E-state index in [1.54, 1.807) is 0 Å². The molecule has 1 saturated carbocycles. The molecule has 0 bridgehead atoms. The summed E-state index contributed by atoms with van der Waals surface area (Å²) in [6.45, 7) is 2.12. The number of alkyl halides is 1. The number of rotatable bonds is 1. The molecule has 0 aromatic carbocycles. The van der Waals surface area contributed by atoms with E-state index in [0.29, 0.717) is 5.92 Å². The van der Waals surface area contributed by atoms with Crippen molar-refractivity contribution in [3.05, 3.63) is 0 Å². The Morgan fingerprint density at radius 3 is 2.33 bits per heavy atom. The quantitative estimate of drug-likeness (QED) is 0.671. The SMILES string of the molecule is CC1CCC(Br)C(S(C)(=O)=O)C1. The average molecular weight is 255 g/mol. The zero-order valence-electron chi connectivity index (χ0n) is 7.46. The maximum absolute atomic E-state index is 11.3. The molecular formula is C8H15BrO2S. The van der Waals surface area contributed by atoms with E-state index < -0.39 is 9.84 Å². The Bertz CT molecular complexity index is 248. The monoisotopic (exact) mass is 254 g/mol. The molecule has 1 aliphatic rings. The second-order valence-corrected chi connectivity index (χ2v) is 7.24. The van der Waals surface area contributed by atoms with Crippen molar-refractivity contribution in [1.82, 2.24) is 0 Å². The van der Waals surface area contributed by atoms with Gasteiger partial charge in [-0.15, -0.1) is 0 Å². The first-order valence-electron chi connectivity index (χ1n) is 4.24. The van der Waals surface area contributed by atoms with E-state index in [9.17, 15) is 8.42 Å². The van der Waals surface area contributed by atoms with Crippen molar-refractivity contribution in [3.63, 3.8) is 0 Å². The smallest absolute Gasteiger partial charge is 0.151 e. The lowest BCUT2D eigenvalue weighted by atomic mass is 9.90. The van der Waals surface area contributed by atoms with Crippen LogP contribution in [-0.4, -0.2) is 24.8 Å². The Balaban J connectivity index is 2.74. The molecule has 0 amide bonds. The van der Waals surface area contributed by atoms with E-state index in [2.05, 4.69) is 22.9 Å². The molecule has 72 valence electrons. The van der Waals surface area contributed by atoms with Crippen LogP contribution in [0.25, 0.3) is 0 Å². The molecule has 1 aliphatic carbocycles. The zero-order chi connectivity index (χ0) is 9.35. The fraction of sp³-hybridized carbons (Fsp3) is 1.00. The van der Waals surface area contributed by atoms with Gasteiger partial charge in [-0.25, -0.2) is 8.42 Å². The molecule has 12 heavy (non-hydrogen) atoms. The van der Waals surface area contributed by atoms with Crippen LogP contribution in [0.4, 0.5) is 0 Å². The van der Waals surface area contributed by atoms with Crippen molar-refractivity contribution in [2.45, 2.75) is 36.3 Å². The second-order valence-electron chi connectivity index (χ2n) is 3.80. The van der Waals surface area contributed by atoms with Gasteiger partial charge in [0.2, 0.25) is 0 Å². The summed E-state index contributed by atoms with van der Waals surface area (Å²) in [6, 6.07) is 0. The molecular weight excluding hydrogens is 240 g/mol. The van der Waals surface area contributed by atoms with Crippen LogP contribution < -0.4 is 0 Å². The summed E-state index contributed by atoms with van der Waals surface area (Å²) in [7, 11) is -2.85. The highest BCUT2D eigenvalue weighted by atomic mass is 79.9. The molecule has 0 aromatic rings. The lowest BCUT2D eigenvalue weighted by Gasteiger charge is -2.29. The van der Waals surface area contributed by atoms with Crippen molar-refractivity contribution < 1.29 is 8.42 Å². The van der Waals surface area contributed by atoms with Gasteiger partial charge in [-0.1, -0.05) is 22.9 Å². The van der Waals surface area contributed by atoms with Gasteiger partial charge in [0, 0.05) is 11.1 Å². The first-order chi connectivity index (χ1) is 5.41. The van der Waals surface area contributed by atoms with E-state index >= 15 is 0 Å². The van der Waals surface area contributed by atoms with Crippen LogP contribution >= 0.6 is 15.9 Å². The van der Waals surface area contributed by atoms with Gasteiger partial charge in [-0.2, -0.15) is 0 Å². The zero-order valence-corrected chi connectivity index (χ0v) is 9.86. The molecule has 0 spiro atoms. The molecule has 4 heteroatoms. The number of hydrogen-bond acceptors (Lipinski definition) is 2. The Hall–Kier alpha value is 0.430. The predicted octanol–water partition coefficient (Wildman–Crippen LogP) is 1.98. The molecule has 0 aromatic heterocycles. The highest BCUT2D eigenvalue weighted by molar-refractivity contribution is 9.09. The van der Waals surface area contributed by atoms with Gasteiger partial charge in [-0.3, -0.25) is 0 Å². The average Bonchev–Trinajstić information content (AvgIpc) is 1.92. The summed E-state index contributed by atoms with van der Waals surface area (Å²) in [5.41, 5.74) is 0. The Labute approximate surface area is 82.8 Å². The fourth-order valence-corrected chi connectivity index (χ4v) is 4.74. The van der Waals surface area contributed by atoms with Crippen LogP contribution in [0, 0.1) is 5.92 Å². The molecule has 3 atom stereocenters. The second kappa shape index (κ2) is 3.66. The molecule has 1 fully saturated rings. The summed E-state index contributed by atoms with van der Waals surface area (Å²) in [5.74, 6) is 0.554. The van der Waals surface area contributed by atoms with E-state index in [1.165, 1.54) is 6.26 Å². The lowest BCUT2D eigenvalue weighted by molar-refractivity contribution is 0.393. The Morgan fingerprint density at radius 1 is 1.33 bits per heavy atom. The van der Waals surface area contributed by atoms with Crippen LogP contribution in [0.1, 0.15) is 26.2 Å². The number of halogens is 1. The number of sulfone groups is 1. The minimum absolute atomic E-state index is 0.166. The third kappa shape index (κ3) is 2.46. The third-order valence-electron chi connectivity index (χ3n) is 2.52. The highest BCUT2D eigenvalue weighted by Crippen LogP contribution is 2.32. The van der Waals surface area contributed by atoms with Gasteiger partial charge in [-0.05, 0) is 25.2 Å². The molecule has 0 radical (unpaired) electrons. The molecule has 2 nitrogen and oxygen atoms in total. The number of hydrogen-bond donors (Lipinski definition) is 0. The standard InChI is InChI=1S/C8H15BrO2S/c1-6-3-4-7(9)8(5-6)12(2,10)11/h6-8H,3-5H2,1-2H3. The van der Waals surface area contributed by atoms with Crippen molar-refractivity contribution >= 4 is 25.8 Å². The van der Waals surface area contributed by atoms with Gasteiger partial charge < -0.3 is 0 Å². The van der Waals surface area contributed by atoms with Gasteiger partial charge in [0.25, 0.3) is 0 Å². The Kier molecular flexibility index (Phi) is 3.21. The van der Waals surface area contributed by atoms with E-state index in [4.69, 9.17) is 0 Å². The fourth-order valence-electron chi connectivity index (χ4n) is 1.73.